The van der Waals surface area contributed by atoms with Gasteiger partial charge in [-0.1, -0.05) is 13.8 Å². The Morgan fingerprint density at radius 1 is 1.47 bits per heavy atom. The lowest BCUT2D eigenvalue weighted by molar-refractivity contribution is -0.120. The summed E-state index contributed by atoms with van der Waals surface area (Å²) in [6, 6.07) is 0. The minimum Gasteiger partial charge on any atom is -0.355 e. The van der Waals surface area contributed by atoms with Gasteiger partial charge in [-0.25, -0.2) is 0 Å². The molecule has 0 aromatic rings. The van der Waals surface area contributed by atoms with E-state index >= 15 is 0 Å². The molecule has 0 radical (unpaired) electrons. The zero-order chi connectivity index (χ0) is 11.8. The van der Waals surface area contributed by atoms with E-state index in [0.717, 1.165) is 6.42 Å². The summed E-state index contributed by atoms with van der Waals surface area (Å²) < 4.78 is 11.8. The molecule has 0 aliphatic carbocycles. The third-order valence-electron chi connectivity index (χ3n) is 2.24. The van der Waals surface area contributed by atoms with Crippen molar-refractivity contribution < 1.29 is 9.00 Å². The van der Waals surface area contributed by atoms with Gasteiger partial charge in [0.2, 0.25) is 5.91 Å². The highest BCUT2D eigenvalue weighted by molar-refractivity contribution is 7.87. The average Bonchev–Trinajstić information content (AvgIpc) is 2.24. The van der Waals surface area contributed by atoms with E-state index in [4.69, 9.17) is 5.73 Å². The molecule has 0 aliphatic heterocycles. The highest BCUT2D eigenvalue weighted by Crippen LogP contribution is 2.07. The molecule has 0 saturated heterocycles. The molecule has 0 aromatic heterocycles. The van der Waals surface area contributed by atoms with E-state index in [2.05, 4.69) is 5.32 Å². The fourth-order valence-corrected chi connectivity index (χ4v) is 2.56. The van der Waals surface area contributed by atoms with Crippen molar-refractivity contribution in [3.63, 3.8) is 0 Å². The van der Waals surface area contributed by atoms with E-state index in [9.17, 15) is 9.00 Å². The molecule has 0 fully saturated rings. The van der Waals surface area contributed by atoms with Crippen LogP contribution in [0.15, 0.2) is 0 Å². The van der Waals surface area contributed by atoms with Gasteiger partial charge >= 0.3 is 0 Å². The lowest BCUT2D eigenvalue weighted by Gasteiger charge is -2.16. The molecule has 15 heavy (non-hydrogen) atoms. The molecular weight excluding hydrogens is 212 g/mol. The van der Waals surface area contributed by atoms with Crippen molar-refractivity contribution in [3.8, 4) is 0 Å². The SMILES string of the molecule is CCCNC(=O)C(C)S(=O)C(C)CCN. The average molecular weight is 234 g/mol. The number of hydrogen-bond donors (Lipinski definition) is 2. The molecule has 5 heteroatoms. The lowest BCUT2D eigenvalue weighted by Crippen LogP contribution is -2.38. The minimum absolute atomic E-state index is 0.0163. The summed E-state index contributed by atoms with van der Waals surface area (Å²) in [6.07, 6.45) is 1.58. The van der Waals surface area contributed by atoms with Crippen LogP contribution in [0.5, 0.6) is 0 Å². The van der Waals surface area contributed by atoms with Crippen LogP contribution in [0.2, 0.25) is 0 Å². The number of hydrogen-bond acceptors (Lipinski definition) is 3. The second-order valence-electron chi connectivity index (χ2n) is 3.65. The van der Waals surface area contributed by atoms with Crippen LogP contribution >= 0.6 is 0 Å². The van der Waals surface area contributed by atoms with Crippen LogP contribution in [0.25, 0.3) is 0 Å². The van der Waals surface area contributed by atoms with Crippen LogP contribution in [0.4, 0.5) is 0 Å². The van der Waals surface area contributed by atoms with Crippen LogP contribution in [0.3, 0.4) is 0 Å². The lowest BCUT2D eigenvalue weighted by atomic mass is 10.3. The van der Waals surface area contributed by atoms with Gasteiger partial charge in [-0.15, -0.1) is 0 Å². The van der Waals surface area contributed by atoms with Gasteiger partial charge in [-0.2, -0.15) is 0 Å². The summed E-state index contributed by atoms with van der Waals surface area (Å²) >= 11 is 0. The van der Waals surface area contributed by atoms with Crippen LogP contribution in [-0.4, -0.2) is 33.7 Å². The first kappa shape index (κ1) is 14.6. The molecule has 0 saturated carbocycles. The van der Waals surface area contributed by atoms with Crippen molar-refractivity contribution in [1.29, 1.82) is 0 Å². The van der Waals surface area contributed by atoms with Crippen molar-refractivity contribution in [2.75, 3.05) is 13.1 Å². The maximum absolute atomic E-state index is 11.8. The summed E-state index contributed by atoms with van der Waals surface area (Å²) in [4.78, 5) is 11.5. The Labute approximate surface area is 94.4 Å². The Kier molecular flexibility index (Phi) is 7.60. The molecule has 0 spiro atoms. The number of carbonyl (C=O) groups excluding carboxylic acids is 1. The third-order valence-corrected chi connectivity index (χ3v) is 4.18. The highest BCUT2D eigenvalue weighted by Gasteiger charge is 2.23. The van der Waals surface area contributed by atoms with Crippen LogP contribution in [0, 0.1) is 0 Å². The Hall–Kier alpha value is -0.420. The summed E-state index contributed by atoms with van der Waals surface area (Å²) in [7, 11) is -1.14. The van der Waals surface area contributed by atoms with Crippen LogP contribution in [0.1, 0.15) is 33.6 Å². The smallest absolute Gasteiger partial charge is 0.235 e. The van der Waals surface area contributed by atoms with E-state index in [1.54, 1.807) is 6.92 Å². The van der Waals surface area contributed by atoms with Crippen LogP contribution in [-0.2, 0) is 15.6 Å². The van der Waals surface area contributed by atoms with Gasteiger partial charge in [0.15, 0.2) is 0 Å². The predicted molar refractivity (Wildman–Crippen MR) is 64.0 cm³/mol. The standard InChI is InChI=1S/C10H22N2O2S/c1-4-7-12-10(13)9(3)15(14)8(2)5-6-11/h8-9H,4-7,11H2,1-3H3,(H,12,13). The maximum Gasteiger partial charge on any atom is 0.235 e. The van der Waals surface area contributed by atoms with Crippen molar-refractivity contribution in [2.45, 2.75) is 44.1 Å². The first-order chi connectivity index (χ1) is 7.04. The molecule has 0 aromatic carbocycles. The molecule has 3 N–H and O–H groups in total. The largest absolute Gasteiger partial charge is 0.355 e. The minimum atomic E-state index is -1.14. The second-order valence-corrected chi connectivity index (χ2v) is 5.82. The Bertz CT molecular complexity index is 221. The summed E-state index contributed by atoms with van der Waals surface area (Å²) in [5.41, 5.74) is 5.39. The summed E-state index contributed by atoms with van der Waals surface area (Å²) in [6.45, 7) is 6.71. The topological polar surface area (TPSA) is 72.2 Å². The first-order valence-electron chi connectivity index (χ1n) is 5.41. The van der Waals surface area contributed by atoms with Gasteiger partial charge in [0.05, 0.1) is 0 Å². The molecule has 3 unspecified atom stereocenters. The molecule has 4 nitrogen and oxygen atoms in total. The third kappa shape index (κ3) is 5.28. The van der Waals surface area contributed by atoms with E-state index in [-0.39, 0.29) is 11.2 Å². The Morgan fingerprint density at radius 2 is 2.07 bits per heavy atom. The zero-order valence-corrected chi connectivity index (χ0v) is 10.6. The zero-order valence-electron chi connectivity index (χ0n) is 9.79. The van der Waals surface area contributed by atoms with Crippen molar-refractivity contribution in [2.24, 2.45) is 5.73 Å². The van der Waals surface area contributed by atoms with Crippen molar-refractivity contribution in [1.82, 2.24) is 5.32 Å². The van der Waals surface area contributed by atoms with Crippen LogP contribution < -0.4 is 11.1 Å². The summed E-state index contributed by atoms with van der Waals surface area (Å²) in [5, 5.41) is 2.28. The highest BCUT2D eigenvalue weighted by atomic mass is 32.2. The van der Waals surface area contributed by atoms with Gasteiger partial charge in [0, 0.05) is 22.6 Å². The fourth-order valence-electron chi connectivity index (χ4n) is 1.20. The number of amides is 1. The first-order valence-corrected chi connectivity index (χ1v) is 6.69. The quantitative estimate of drug-likeness (QED) is 0.669. The maximum atomic E-state index is 11.8. The molecule has 3 atom stereocenters. The van der Waals surface area contributed by atoms with Crippen molar-refractivity contribution in [3.05, 3.63) is 0 Å². The van der Waals surface area contributed by atoms with Gasteiger partial charge in [-0.3, -0.25) is 9.00 Å². The predicted octanol–water partition coefficient (Wildman–Crippen LogP) is 0.387. The van der Waals surface area contributed by atoms with Gasteiger partial charge in [0.1, 0.15) is 5.25 Å². The number of carbonyl (C=O) groups is 1. The van der Waals surface area contributed by atoms with E-state index in [1.165, 1.54) is 0 Å². The molecule has 0 rings (SSSR count). The van der Waals surface area contributed by atoms with Gasteiger partial charge < -0.3 is 11.1 Å². The van der Waals surface area contributed by atoms with E-state index in [0.29, 0.717) is 19.5 Å². The normalized spacial score (nSPS) is 16.8. The molecule has 0 aliphatic rings. The van der Waals surface area contributed by atoms with Gasteiger partial charge in [0.25, 0.3) is 0 Å². The number of nitrogens with two attached hydrogens (primary N) is 1. The Morgan fingerprint density at radius 3 is 2.53 bits per heavy atom. The monoisotopic (exact) mass is 234 g/mol. The van der Waals surface area contributed by atoms with E-state index < -0.39 is 16.0 Å². The summed E-state index contributed by atoms with van der Waals surface area (Å²) in [5.74, 6) is -0.126. The molecule has 0 bridgehead atoms. The second kappa shape index (κ2) is 7.82. The Balaban J connectivity index is 4.12. The molecule has 1 amide bonds. The fraction of sp³-hybridized carbons (Fsp3) is 0.900. The van der Waals surface area contributed by atoms with E-state index in [1.807, 2.05) is 13.8 Å². The molecule has 0 heterocycles. The number of rotatable bonds is 7. The molecular formula is C10H22N2O2S. The number of nitrogens with one attached hydrogen (secondary N) is 1. The van der Waals surface area contributed by atoms with Crippen molar-refractivity contribution >= 4 is 16.7 Å². The molecule has 90 valence electrons. The van der Waals surface area contributed by atoms with Gasteiger partial charge in [-0.05, 0) is 26.3 Å².